The van der Waals surface area contributed by atoms with E-state index in [9.17, 15) is 19.2 Å². The first kappa shape index (κ1) is 27.2. The van der Waals surface area contributed by atoms with Crippen LogP contribution in [0.4, 0.5) is 15.8 Å². The highest BCUT2D eigenvalue weighted by molar-refractivity contribution is 6.05. The molecule has 4 aliphatic heterocycles. The number of benzene rings is 2. The van der Waals surface area contributed by atoms with Crippen molar-refractivity contribution >= 4 is 35.1 Å². The molecule has 4 aliphatic rings. The fourth-order valence-electron chi connectivity index (χ4n) is 6.54. The second kappa shape index (κ2) is 11.1. The number of fused-ring (bicyclic) bond motifs is 1. The van der Waals surface area contributed by atoms with E-state index in [1.165, 1.54) is 11.0 Å². The van der Waals surface area contributed by atoms with Crippen LogP contribution < -0.4 is 15.1 Å². The van der Waals surface area contributed by atoms with Crippen LogP contribution in [-0.4, -0.2) is 90.5 Å². The summed E-state index contributed by atoms with van der Waals surface area (Å²) in [6, 6.07) is 9.38. The van der Waals surface area contributed by atoms with Gasteiger partial charge in [0.2, 0.25) is 11.8 Å². The Hall–Kier alpha value is -3.99. The van der Waals surface area contributed by atoms with Crippen molar-refractivity contribution in [3.8, 4) is 0 Å². The van der Waals surface area contributed by atoms with Gasteiger partial charge in [-0.05, 0) is 67.1 Å². The summed E-state index contributed by atoms with van der Waals surface area (Å²) >= 11 is 0. The number of nitrogens with zero attached hydrogens (tertiary/aromatic N) is 4. The van der Waals surface area contributed by atoms with Crippen LogP contribution in [0.5, 0.6) is 0 Å². The molecule has 6 rings (SSSR count). The van der Waals surface area contributed by atoms with Crippen molar-refractivity contribution in [2.75, 3.05) is 55.6 Å². The first-order chi connectivity index (χ1) is 19.8. The van der Waals surface area contributed by atoms with Crippen LogP contribution in [0.25, 0.3) is 0 Å². The number of carbonyl (C=O) groups is 4. The van der Waals surface area contributed by atoms with E-state index >= 15 is 4.39 Å². The summed E-state index contributed by atoms with van der Waals surface area (Å²) in [5.41, 5.74) is 2.78. The Morgan fingerprint density at radius 1 is 0.927 bits per heavy atom. The average Bonchev–Trinajstić information content (AvgIpc) is 3.28. The van der Waals surface area contributed by atoms with Gasteiger partial charge < -0.3 is 19.8 Å². The fraction of sp³-hybridized carbons (Fsp3) is 0.467. The van der Waals surface area contributed by atoms with Gasteiger partial charge in [-0.25, -0.2) is 9.18 Å². The first-order valence-corrected chi connectivity index (χ1v) is 14.3. The number of carboxylic acids is 1. The van der Waals surface area contributed by atoms with Crippen LogP contribution in [0.15, 0.2) is 36.4 Å². The number of halogens is 1. The van der Waals surface area contributed by atoms with E-state index in [2.05, 4.69) is 15.1 Å². The van der Waals surface area contributed by atoms with Crippen LogP contribution >= 0.6 is 0 Å². The molecule has 1 unspecified atom stereocenters. The molecule has 216 valence electrons. The Bertz CT molecular complexity index is 1370. The molecule has 2 N–H and O–H groups in total. The Balaban J connectivity index is 1.01. The molecule has 3 fully saturated rings. The second-order valence-corrected chi connectivity index (χ2v) is 11.4. The molecule has 41 heavy (non-hydrogen) atoms. The number of amides is 3. The zero-order chi connectivity index (χ0) is 28.7. The fourth-order valence-corrected chi connectivity index (χ4v) is 6.54. The van der Waals surface area contributed by atoms with Gasteiger partial charge in [0.15, 0.2) is 0 Å². The largest absolute Gasteiger partial charge is 0.478 e. The van der Waals surface area contributed by atoms with Gasteiger partial charge in [-0.2, -0.15) is 0 Å². The standard InChI is InChI=1S/C30H34FN5O5/c31-24-15-21-18-36(25-5-6-27(37)32-28(25)38)29(39)23(21)16-26(24)35-9-7-19(8-10-35)17-33-11-13-34(14-12-33)22-3-1-20(2-4-22)30(40)41/h1-4,15-16,19,25H,5-14,17-18H2,(H,40,41)(H,32,37,38). The number of nitrogens with one attached hydrogen (secondary N) is 1. The molecule has 0 spiro atoms. The van der Waals surface area contributed by atoms with E-state index in [0.717, 1.165) is 51.3 Å². The van der Waals surface area contributed by atoms with E-state index < -0.39 is 17.9 Å². The molecule has 4 heterocycles. The number of anilines is 2. The topological polar surface area (TPSA) is 114 Å². The van der Waals surface area contributed by atoms with Crippen molar-refractivity contribution in [1.29, 1.82) is 0 Å². The van der Waals surface area contributed by atoms with Gasteiger partial charge in [0.05, 0.1) is 11.3 Å². The third-order valence-electron chi connectivity index (χ3n) is 8.91. The van der Waals surface area contributed by atoms with Crippen molar-refractivity contribution in [2.45, 2.75) is 38.3 Å². The molecule has 0 aliphatic carbocycles. The highest BCUT2D eigenvalue weighted by Gasteiger charge is 2.40. The Morgan fingerprint density at radius 2 is 1.63 bits per heavy atom. The molecule has 3 amide bonds. The lowest BCUT2D eigenvalue weighted by Crippen LogP contribution is -2.52. The highest BCUT2D eigenvalue weighted by Crippen LogP contribution is 2.34. The number of piperazine rings is 1. The van der Waals surface area contributed by atoms with Crippen molar-refractivity contribution in [3.63, 3.8) is 0 Å². The molecular formula is C30H34FN5O5. The maximum Gasteiger partial charge on any atom is 0.335 e. The summed E-state index contributed by atoms with van der Waals surface area (Å²) in [6.45, 7) is 6.22. The predicted molar refractivity (Wildman–Crippen MR) is 149 cm³/mol. The minimum absolute atomic E-state index is 0.167. The summed E-state index contributed by atoms with van der Waals surface area (Å²) in [5.74, 6) is -1.86. The lowest BCUT2D eigenvalue weighted by molar-refractivity contribution is -0.136. The van der Waals surface area contributed by atoms with Crippen molar-refractivity contribution in [3.05, 3.63) is 58.9 Å². The van der Waals surface area contributed by atoms with Crippen LogP contribution in [0, 0.1) is 11.7 Å². The minimum atomic E-state index is -0.920. The zero-order valence-corrected chi connectivity index (χ0v) is 22.9. The number of carboxylic acid groups (broad SMARTS) is 1. The lowest BCUT2D eigenvalue weighted by Gasteiger charge is -2.40. The third kappa shape index (κ3) is 5.50. The van der Waals surface area contributed by atoms with Crippen LogP contribution in [-0.2, 0) is 16.1 Å². The number of rotatable bonds is 6. The van der Waals surface area contributed by atoms with Crippen molar-refractivity contribution in [1.82, 2.24) is 15.1 Å². The number of piperidine rings is 2. The van der Waals surface area contributed by atoms with Gasteiger partial charge in [0, 0.05) is 70.0 Å². The molecular weight excluding hydrogens is 529 g/mol. The molecule has 2 aromatic rings. The number of hydrogen-bond donors (Lipinski definition) is 2. The van der Waals surface area contributed by atoms with E-state index in [1.807, 2.05) is 17.0 Å². The van der Waals surface area contributed by atoms with E-state index in [0.29, 0.717) is 41.4 Å². The number of aromatic carboxylic acids is 1. The molecule has 10 nitrogen and oxygen atoms in total. The van der Waals surface area contributed by atoms with Crippen LogP contribution in [0.2, 0.25) is 0 Å². The molecule has 2 aromatic carbocycles. The van der Waals surface area contributed by atoms with Crippen LogP contribution in [0.3, 0.4) is 0 Å². The Labute approximate surface area is 237 Å². The van der Waals surface area contributed by atoms with E-state index in [-0.39, 0.29) is 37.0 Å². The van der Waals surface area contributed by atoms with Gasteiger partial charge in [-0.15, -0.1) is 0 Å². The Kier molecular flexibility index (Phi) is 7.37. The van der Waals surface area contributed by atoms with Gasteiger partial charge >= 0.3 is 5.97 Å². The molecule has 3 saturated heterocycles. The molecule has 0 aromatic heterocycles. The monoisotopic (exact) mass is 563 g/mol. The molecule has 11 heteroatoms. The SMILES string of the molecule is O=C1CCC(N2Cc3cc(F)c(N4CCC(CN5CCN(c6ccc(C(=O)O)cc6)CC5)CC4)cc3C2=O)C(=O)N1. The zero-order valence-electron chi connectivity index (χ0n) is 22.9. The minimum Gasteiger partial charge on any atom is -0.478 e. The summed E-state index contributed by atoms with van der Waals surface area (Å²) < 4.78 is 15.2. The summed E-state index contributed by atoms with van der Waals surface area (Å²) in [4.78, 5) is 56.4. The molecule has 0 bridgehead atoms. The number of carbonyl (C=O) groups excluding carboxylic acids is 3. The van der Waals surface area contributed by atoms with Crippen molar-refractivity contribution < 1.29 is 28.7 Å². The molecule has 1 atom stereocenters. The van der Waals surface area contributed by atoms with Crippen molar-refractivity contribution in [2.24, 2.45) is 5.92 Å². The maximum absolute atomic E-state index is 15.2. The third-order valence-corrected chi connectivity index (χ3v) is 8.91. The van der Waals surface area contributed by atoms with E-state index in [4.69, 9.17) is 5.11 Å². The van der Waals surface area contributed by atoms with E-state index in [1.54, 1.807) is 18.2 Å². The molecule has 0 saturated carbocycles. The first-order valence-electron chi connectivity index (χ1n) is 14.3. The number of hydrogen-bond acceptors (Lipinski definition) is 7. The van der Waals surface area contributed by atoms with Gasteiger partial charge in [0.1, 0.15) is 11.9 Å². The lowest BCUT2D eigenvalue weighted by atomic mass is 9.95. The highest BCUT2D eigenvalue weighted by atomic mass is 19.1. The predicted octanol–water partition coefficient (Wildman–Crippen LogP) is 2.32. The Morgan fingerprint density at radius 3 is 2.29 bits per heavy atom. The normalized spacial score (nSPS) is 22.2. The quantitative estimate of drug-likeness (QED) is 0.515. The molecule has 0 radical (unpaired) electrons. The number of imide groups is 1. The maximum atomic E-state index is 15.2. The summed E-state index contributed by atoms with van der Waals surface area (Å²) in [5, 5.41) is 11.4. The smallest absolute Gasteiger partial charge is 0.335 e. The van der Waals surface area contributed by atoms with Crippen LogP contribution in [0.1, 0.15) is 52.0 Å². The second-order valence-electron chi connectivity index (χ2n) is 11.4. The summed E-state index contributed by atoms with van der Waals surface area (Å²) in [7, 11) is 0. The van der Waals surface area contributed by atoms with Gasteiger partial charge in [-0.1, -0.05) is 0 Å². The summed E-state index contributed by atoms with van der Waals surface area (Å²) in [6.07, 6.45) is 2.33. The average molecular weight is 564 g/mol. The van der Waals surface area contributed by atoms with Gasteiger partial charge in [0.25, 0.3) is 5.91 Å². The van der Waals surface area contributed by atoms with Gasteiger partial charge in [-0.3, -0.25) is 24.6 Å².